The number of anilines is 1. The van der Waals surface area contributed by atoms with Crippen LogP contribution in [0.15, 0.2) is 34.2 Å². The number of nitrogens with one attached hydrogen (secondary N) is 2. The first-order valence-corrected chi connectivity index (χ1v) is 8.05. The molecule has 6 nitrogen and oxygen atoms in total. The number of Topliss-reactive ketones (excluding diaryl/α,β-unsaturated/α-hetero) is 1. The van der Waals surface area contributed by atoms with Gasteiger partial charge in [0.05, 0.1) is 11.8 Å². The topological polar surface area (TPSA) is 87.7 Å². The van der Waals surface area contributed by atoms with Crippen molar-refractivity contribution in [3.8, 4) is 0 Å². The third-order valence-electron chi connectivity index (χ3n) is 3.63. The standard InChI is InChI=1S/C15H16N4O2S/c1-9-14(21)17-15(19-18-9)22-8-13(20)12-7-6-10-4-2-3-5-11(10)16-12/h2-5,12,16H,6-8H2,1H3,(H,17,19,21). The molecule has 1 aromatic heterocycles. The van der Waals surface area contributed by atoms with E-state index in [1.165, 1.54) is 17.3 Å². The molecule has 22 heavy (non-hydrogen) atoms. The lowest BCUT2D eigenvalue weighted by molar-refractivity contribution is -0.117. The number of para-hydroxylation sites is 1. The van der Waals surface area contributed by atoms with E-state index in [4.69, 9.17) is 0 Å². The van der Waals surface area contributed by atoms with Crippen LogP contribution in [-0.2, 0) is 11.2 Å². The number of fused-ring (bicyclic) bond motifs is 1. The zero-order valence-corrected chi connectivity index (χ0v) is 12.9. The van der Waals surface area contributed by atoms with Crippen LogP contribution in [0.25, 0.3) is 0 Å². The van der Waals surface area contributed by atoms with Gasteiger partial charge in [0.2, 0.25) is 0 Å². The van der Waals surface area contributed by atoms with Crippen LogP contribution >= 0.6 is 11.8 Å². The molecule has 2 heterocycles. The molecule has 1 atom stereocenters. The lowest BCUT2D eigenvalue weighted by Gasteiger charge is -2.25. The monoisotopic (exact) mass is 316 g/mol. The summed E-state index contributed by atoms with van der Waals surface area (Å²) in [7, 11) is 0. The normalized spacial score (nSPS) is 16.7. The molecule has 0 spiro atoms. The molecule has 1 aliphatic heterocycles. The highest BCUT2D eigenvalue weighted by molar-refractivity contribution is 7.99. The highest BCUT2D eigenvalue weighted by atomic mass is 32.2. The molecule has 0 fully saturated rings. The average Bonchev–Trinajstić information content (AvgIpc) is 2.55. The number of carbonyl (C=O) groups excluding carboxylic acids is 1. The highest BCUT2D eigenvalue weighted by Crippen LogP contribution is 2.25. The number of ketones is 1. The van der Waals surface area contributed by atoms with Crippen LogP contribution < -0.4 is 10.9 Å². The lowest BCUT2D eigenvalue weighted by atomic mass is 9.96. The molecule has 3 rings (SSSR count). The van der Waals surface area contributed by atoms with E-state index < -0.39 is 0 Å². The molecule has 0 saturated heterocycles. The van der Waals surface area contributed by atoms with Gasteiger partial charge in [-0.2, -0.15) is 0 Å². The molecule has 0 saturated carbocycles. The quantitative estimate of drug-likeness (QED) is 0.832. The minimum atomic E-state index is -0.269. The Morgan fingerprint density at radius 3 is 3.00 bits per heavy atom. The molecule has 0 aliphatic carbocycles. The summed E-state index contributed by atoms with van der Waals surface area (Å²) in [5.41, 5.74) is 2.32. The minimum Gasteiger partial charge on any atom is -0.375 e. The number of aromatic amines is 1. The Balaban J connectivity index is 1.61. The fourth-order valence-electron chi connectivity index (χ4n) is 2.36. The van der Waals surface area contributed by atoms with Crippen LogP contribution in [0.5, 0.6) is 0 Å². The Kier molecular flexibility index (Phi) is 4.24. The number of benzene rings is 1. The smallest absolute Gasteiger partial charge is 0.273 e. The molecule has 114 valence electrons. The summed E-state index contributed by atoms with van der Waals surface area (Å²) in [4.78, 5) is 26.4. The van der Waals surface area contributed by atoms with Crippen molar-refractivity contribution in [2.75, 3.05) is 11.1 Å². The summed E-state index contributed by atoms with van der Waals surface area (Å²) in [6, 6.07) is 7.84. The number of thioether (sulfide) groups is 1. The Bertz CT molecular complexity index is 759. The van der Waals surface area contributed by atoms with Crippen molar-refractivity contribution < 1.29 is 4.79 Å². The van der Waals surface area contributed by atoms with Crippen LogP contribution in [0.1, 0.15) is 17.7 Å². The third kappa shape index (κ3) is 3.19. The van der Waals surface area contributed by atoms with Gasteiger partial charge in [0.25, 0.3) is 5.56 Å². The van der Waals surface area contributed by atoms with E-state index in [0.717, 1.165) is 18.5 Å². The lowest BCUT2D eigenvalue weighted by Crippen LogP contribution is -2.34. The van der Waals surface area contributed by atoms with Crippen molar-refractivity contribution in [3.63, 3.8) is 0 Å². The van der Waals surface area contributed by atoms with Crippen LogP contribution in [0.3, 0.4) is 0 Å². The van der Waals surface area contributed by atoms with E-state index in [1.807, 2.05) is 18.2 Å². The summed E-state index contributed by atoms with van der Waals surface area (Å²) in [5, 5.41) is 11.3. The summed E-state index contributed by atoms with van der Waals surface area (Å²) < 4.78 is 0. The van der Waals surface area contributed by atoms with Gasteiger partial charge in [-0.1, -0.05) is 30.0 Å². The Hall–Kier alpha value is -2.15. The highest BCUT2D eigenvalue weighted by Gasteiger charge is 2.23. The second-order valence-electron chi connectivity index (χ2n) is 5.19. The predicted molar refractivity (Wildman–Crippen MR) is 85.3 cm³/mol. The Labute approximate surface area is 131 Å². The first kappa shape index (κ1) is 14.8. The van der Waals surface area contributed by atoms with Gasteiger partial charge in [0.15, 0.2) is 10.9 Å². The van der Waals surface area contributed by atoms with Gasteiger partial charge in [-0.3, -0.25) is 14.6 Å². The van der Waals surface area contributed by atoms with Gasteiger partial charge in [-0.25, -0.2) is 0 Å². The Morgan fingerprint density at radius 2 is 2.18 bits per heavy atom. The molecule has 0 radical (unpaired) electrons. The van der Waals surface area contributed by atoms with Crippen LogP contribution in [0, 0.1) is 6.92 Å². The summed E-state index contributed by atoms with van der Waals surface area (Å²) >= 11 is 1.21. The number of H-pyrrole nitrogens is 1. The van der Waals surface area contributed by atoms with Crippen LogP contribution in [0.2, 0.25) is 0 Å². The molecule has 1 unspecified atom stereocenters. The SMILES string of the molecule is Cc1nnc(SCC(=O)C2CCc3ccccc3N2)[nH]c1=O. The first-order chi connectivity index (χ1) is 10.6. The number of hydrogen-bond donors (Lipinski definition) is 2. The second kappa shape index (κ2) is 6.31. The van der Waals surface area contributed by atoms with Crippen molar-refractivity contribution in [2.24, 2.45) is 0 Å². The minimum absolute atomic E-state index is 0.0997. The van der Waals surface area contributed by atoms with Gasteiger partial charge >= 0.3 is 0 Å². The maximum absolute atomic E-state index is 12.3. The Morgan fingerprint density at radius 1 is 1.36 bits per heavy atom. The van der Waals surface area contributed by atoms with E-state index >= 15 is 0 Å². The molecule has 7 heteroatoms. The molecule has 1 aliphatic rings. The number of hydrogen-bond acceptors (Lipinski definition) is 6. The zero-order chi connectivity index (χ0) is 15.5. The van der Waals surface area contributed by atoms with E-state index in [2.05, 4.69) is 26.6 Å². The fraction of sp³-hybridized carbons (Fsp3) is 0.333. The summed E-state index contributed by atoms with van der Waals surface area (Å²) in [6.07, 6.45) is 1.68. The maximum atomic E-state index is 12.3. The zero-order valence-electron chi connectivity index (χ0n) is 12.1. The molecular weight excluding hydrogens is 300 g/mol. The first-order valence-electron chi connectivity index (χ1n) is 7.07. The predicted octanol–water partition coefficient (Wildman–Crippen LogP) is 1.56. The molecule has 0 bridgehead atoms. The maximum Gasteiger partial charge on any atom is 0.273 e. The van der Waals surface area contributed by atoms with Gasteiger partial charge in [-0.15, -0.1) is 10.2 Å². The van der Waals surface area contributed by atoms with Crippen LogP contribution in [0.4, 0.5) is 5.69 Å². The summed E-state index contributed by atoms with van der Waals surface area (Å²) in [6.45, 7) is 1.59. The van der Waals surface area contributed by atoms with Gasteiger partial charge in [-0.05, 0) is 31.4 Å². The van der Waals surface area contributed by atoms with Crippen LogP contribution in [-0.4, -0.2) is 32.8 Å². The second-order valence-corrected chi connectivity index (χ2v) is 6.16. The molecule has 2 aromatic rings. The van der Waals surface area contributed by atoms with Crippen molar-refractivity contribution in [2.45, 2.75) is 31.0 Å². The van der Waals surface area contributed by atoms with E-state index in [0.29, 0.717) is 10.9 Å². The summed E-state index contributed by atoms with van der Waals surface area (Å²) in [5.74, 6) is 0.357. The number of rotatable bonds is 4. The molecule has 2 N–H and O–H groups in total. The molecular formula is C15H16N4O2S. The molecule has 0 amide bonds. The number of aromatic nitrogens is 3. The number of nitrogens with zero attached hydrogens (tertiary/aromatic N) is 2. The van der Waals surface area contributed by atoms with Gasteiger partial charge in [0, 0.05) is 5.69 Å². The molecule has 1 aromatic carbocycles. The number of carbonyl (C=O) groups is 1. The van der Waals surface area contributed by atoms with E-state index in [1.54, 1.807) is 6.92 Å². The largest absolute Gasteiger partial charge is 0.375 e. The number of aryl methyl sites for hydroxylation is 2. The van der Waals surface area contributed by atoms with E-state index in [-0.39, 0.29) is 23.1 Å². The van der Waals surface area contributed by atoms with Gasteiger partial charge in [0.1, 0.15) is 5.69 Å². The fourth-order valence-corrected chi connectivity index (χ4v) is 3.11. The van der Waals surface area contributed by atoms with Gasteiger partial charge < -0.3 is 5.32 Å². The van der Waals surface area contributed by atoms with Crippen molar-refractivity contribution in [1.82, 2.24) is 15.2 Å². The van der Waals surface area contributed by atoms with Crippen molar-refractivity contribution in [1.29, 1.82) is 0 Å². The third-order valence-corrected chi connectivity index (χ3v) is 4.52. The van der Waals surface area contributed by atoms with Crippen molar-refractivity contribution >= 4 is 23.2 Å². The average molecular weight is 316 g/mol. The van der Waals surface area contributed by atoms with E-state index in [9.17, 15) is 9.59 Å². The van der Waals surface area contributed by atoms with Crippen molar-refractivity contribution in [3.05, 3.63) is 45.9 Å².